The van der Waals surface area contributed by atoms with Crippen molar-refractivity contribution in [1.82, 2.24) is 4.90 Å². The number of unbranched alkanes of at least 4 members (excludes halogenated alkanes) is 1. The molecule has 3 rings (SSSR count). The summed E-state index contributed by atoms with van der Waals surface area (Å²) in [6.45, 7) is 5.47. The first-order valence-electron chi connectivity index (χ1n) is 11.0. The van der Waals surface area contributed by atoms with Crippen LogP contribution in [0.1, 0.15) is 48.9 Å². The van der Waals surface area contributed by atoms with Crippen molar-refractivity contribution in [1.29, 1.82) is 0 Å². The van der Waals surface area contributed by atoms with E-state index in [9.17, 15) is 14.7 Å². The molecule has 0 aliphatic carbocycles. The van der Waals surface area contributed by atoms with E-state index < -0.39 is 17.7 Å². The number of hydrogen-bond donors (Lipinski definition) is 1. The molecule has 0 radical (unpaired) electrons. The monoisotopic (exact) mass is 437 g/mol. The molecule has 0 aromatic heterocycles. The molecule has 0 saturated carbocycles. The van der Waals surface area contributed by atoms with E-state index in [0.29, 0.717) is 37.5 Å². The van der Waals surface area contributed by atoms with Gasteiger partial charge in [0.25, 0.3) is 11.7 Å². The highest BCUT2D eigenvalue weighted by atomic mass is 16.5. The van der Waals surface area contributed by atoms with Crippen LogP contribution in [0, 0.1) is 6.92 Å². The molecule has 1 N–H and O–H groups in total. The van der Waals surface area contributed by atoms with E-state index in [4.69, 9.17) is 9.47 Å². The van der Waals surface area contributed by atoms with E-state index in [1.807, 2.05) is 37.3 Å². The molecule has 1 fully saturated rings. The first-order chi connectivity index (χ1) is 15.5. The molecule has 1 aliphatic heterocycles. The molecular weight excluding hydrogens is 406 g/mol. The van der Waals surface area contributed by atoms with Crippen LogP contribution in [-0.2, 0) is 14.3 Å². The summed E-state index contributed by atoms with van der Waals surface area (Å²) in [6.07, 6.45) is 2.53. The van der Waals surface area contributed by atoms with E-state index in [1.165, 1.54) is 4.90 Å². The van der Waals surface area contributed by atoms with Crippen molar-refractivity contribution in [2.24, 2.45) is 0 Å². The average Bonchev–Trinajstić information content (AvgIpc) is 3.05. The Balaban J connectivity index is 2.03. The molecule has 1 unspecified atom stereocenters. The van der Waals surface area contributed by atoms with Gasteiger partial charge in [-0.15, -0.1) is 0 Å². The fourth-order valence-corrected chi connectivity index (χ4v) is 3.81. The molecule has 1 saturated heterocycles. The second-order valence-corrected chi connectivity index (χ2v) is 7.98. The van der Waals surface area contributed by atoms with Crippen molar-refractivity contribution < 1.29 is 24.2 Å². The molecule has 0 bridgehead atoms. The number of hydrogen-bond acceptors (Lipinski definition) is 5. The summed E-state index contributed by atoms with van der Waals surface area (Å²) in [4.78, 5) is 27.5. The number of rotatable bonds is 10. The highest BCUT2D eigenvalue weighted by Crippen LogP contribution is 2.39. The molecule has 0 spiro atoms. The Bertz CT molecular complexity index is 980. The van der Waals surface area contributed by atoms with Crippen molar-refractivity contribution >= 4 is 17.4 Å². The number of amides is 1. The summed E-state index contributed by atoms with van der Waals surface area (Å²) in [5, 5.41) is 11.2. The van der Waals surface area contributed by atoms with Crippen molar-refractivity contribution in [2.75, 3.05) is 26.9 Å². The summed E-state index contributed by atoms with van der Waals surface area (Å²) < 4.78 is 10.9. The van der Waals surface area contributed by atoms with Gasteiger partial charge in [0, 0.05) is 25.8 Å². The van der Waals surface area contributed by atoms with Gasteiger partial charge in [0.15, 0.2) is 0 Å². The number of ether oxygens (including phenoxy) is 2. The largest absolute Gasteiger partial charge is 0.507 e. The third-order valence-corrected chi connectivity index (χ3v) is 5.55. The third kappa shape index (κ3) is 5.19. The number of carbonyl (C=O) groups is 2. The summed E-state index contributed by atoms with van der Waals surface area (Å²) in [5.74, 6) is -0.862. The highest BCUT2D eigenvalue weighted by molar-refractivity contribution is 6.46. The van der Waals surface area contributed by atoms with Gasteiger partial charge in [0.05, 0.1) is 18.2 Å². The van der Waals surface area contributed by atoms with E-state index in [-0.39, 0.29) is 11.3 Å². The minimum Gasteiger partial charge on any atom is -0.507 e. The zero-order valence-electron chi connectivity index (χ0n) is 19.0. The second-order valence-electron chi connectivity index (χ2n) is 7.98. The van der Waals surface area contributed by atoms with Crippen molar-refractivity contribution in [2.45, 2.75) is 39.2 Å². The van der Waals surface area contributed by atoms with Gasteiger partial charge in [0.2, 0.25) is 0 Å². The van der Waals surface area contributed by atoms with Gasteiger partial charge in [-0.3, -0.25) is 9.59 Å². The highest BCUT2D eigenvalue weighted by Gasteiger charge is 2.45. The summed E-state index contributed by atoms with van der Waals surface area (Å²) >= 11 is 0. The molecule has 1 aliphatic rings. The summed E-state index contributed by atoms with van der Waals surface area (Å²) in [7, 11) is 1.60. The van der Waals surface area contributed by atoms with Crippen LogP contribution < -0.4 is 4.74 Å². The van der Waals surface area contributed by atoms with Gasteiger partial charge in [-0.25, -0.2) is 0 Å². The number of benzene rings is 2. The number of aliphatic hydroxyl groups is 1. The number of likely N-dealkylation sites (tertiary alicyclic amines) is 1. The van der Waals surface area contributed by atoms with Crippen molar-refractivity contribution in [3.8, 4) is 5.75 Å². The lowest BCUT2D eigenvalue weighted by Crippen LogP contribution is -2.31. The van der Waals surface area contributed by atoms with Crippen LogP contribution in [0.5, 0.6) is 5.75 Å². The average molecular weight is 438 g/mol. The Kier molecular flexibility index (Phi) is 8.06. The smallest absolute Gasteiger partial charge is 0.295 e. The second kappa shape index (κ2) is 11.0. The molecule has 1 amide bonds. The Morgan fingerprint density at radius 3 is 2.50 bits per heavy atom. The molecule has 1 heterocycles. The zero-order valence-corrected chi connectivity index (χ0v) is 19.0. The van der Waals surface area contributed by atoms with Gasteiger partial charge in [-0.2, -0.15) is 0 Å². The number of Topliss-reactive ketones (excluding diaryl/α,β-unsaturated/α-hetero) is 1. The van der Waals surface area contributed by atoms with Crippen LogP contribution in [0.25, 0.3) is 5.76 Å². The topological polar surface area (TPSA) is 76.1 Å². The van der Waals surface area contributed by atoms with Crippen molar-refractivity contribution in [3.05, 3.63) is 70.8 Å². The van der Waals surface area contributed by atoms with Crippen LogP contribution in [0.4, 0.5) is 0 Å². The SMILES string of the molecule is CCCCOc1cccc(C(O)=C2C(=O)C(=O)N(CCCOC)C2c2ccc(C)cc2)c1. The fraction of sp³-hybridized carbons (Fsp3) is 0.385. The maximum Gasteiger partial charge on any atom is 0.295 e. The molecule has 2 aromatic rings. The van der Waals surface area contributed by atoms with Crippen LogP contribution in [0.15, 0.2) is 54.1 Å². The Hall–Kier alpha value is -3.12. The third-order valence-electron chi connectivity index (χ3n) is 5.55. The van der Waals surface area contributed by atoms with Crippen LogP contribution in [0.3, 0.4) is 0 Å². The van der Waals surface area contributed by atoms with E-state index >= 15 is 0 Å². The predicted octanol–water partition coefficient (Wildman–Crippen LogP) is 4.63. The van der Waals surface area contributed by atoms with Crippen LogP contribution >= 0.6 is 0 Å². The first-order valence-corrected chi connectivity index (χ1v) is 11.0. The molecule has 170 valence electrons. The lowest BCUT2D eigenvalue weighted by atomic mass is 9.94. The normalized spacial score (nSPS) is 17.7. The predicted molar refractivity (Wildman–Crippen MR) is 124 cm³/mol. The van der Waals surface area contributed by atoms with Gasteiger partial charge in [-0.05, 0) is 37.5 Å². The Morgan fingerprint density at radius 2 is 1.81 bits per heavy atom. The van der Waals surface area contributed by atoms with Crippen molar-refractivity contribution in [3.63, 3.8) is 0 Å². The molecule has 32 heavy (non-hydrogen) atoms. The summed E-state index contributed by atoms with van der Waals surface area (Å²) in [6, 6.07) is 14.0. The number of nitrogens with zero attached hydrogens (tertiary/aromatic N) is 1. The number of aliphatic hydroxyl groups excluding tert-OH is 1. The van der Waals surface area contributed by atoms with Crippen LogP contribution in [0.2, 0.25) is 0 Å². The van der Waals surface area contributed by atoms with Gasteiger partial charge >= 0.3 is 0 Å². The quantitative estimate of drug-likeness (QED) is 0.254. The lowest BCUT2D eigenvalue weighted by molar-refractivity contribution is -0.140. The van der Waals surface area contributed by atoms with Gasteiger partial charge in [0.1, 0.15) is 11.5 Å². The number of ketones is 1. The maximum absolute atomic E-state index is 13.0. The fourth-order valence-electron chi connectivity index (χ4n) is 3.81. The first kappa shape index (κ1) is 23.5. The number of aryl methyl sites for hydroxylation is 1. The maximum atomic E-state index is 13.0. The zero-order chi connectivity index (χ0) is 23.1. The minimum atomic E-state index is -0.678. The Labute approximate surface area is 189 Å². The molecule has 6 heteroatoms. The molecule has 2 aromatic carbocycles. The number of methoxy groups -OCH3 is 1. The van der Waals surface area contributed by atoms with Gasteiger partial charge < -0.3 is 19.5 Å². The van der Waals surface area contributed by atoms with Crippen LogP contribution in [-0.4, -0.2) is 48.6 Å². The molecular formula is C26H31NO5. The van der Waals surface area contributed by atoms with E-state index in [0.717, 1.165) is 24.0 Å². The lowest BCUT2D eigenvalue weighted by Gasteiger charge is -2.25. The van der Waals surface area contributed by atoms with Gasteiger partial charge in [-0.1, -0.05) is 55.3 Å². The van der Waals surface area contributed by atoms with E-state index in [1.54, 1.807) is 25.3 Å². The molecule has 6 nitrogen and oxygen atoms in total. The number of carbonyl (C=O) groups excluding carboxylic acids is 2. The standard InChI is InChI=1S/C26H31NO5/c1-4-5-16-32-21-9-6-8-20(17-21)24(28)22-23(19-12-10-18(2)11-13-19)27(14-7-15-31-3)26(30)25(22)29/h6,8-13,17,23,28H,4-5,7,14-16H2,1-3H3. The Morgan fingerprint density at radius 1 is 1.06 bits per heavy atom. The summed E-state index contributed by atoms with van der Waals surface area (Å²) in [5.41, 5.74) is 2.40. The molecule has 1 atom stereocenters. The minimum absolute atomic E-state index is 0.0991. The van der Waals surface area contributed by atoms with E-state index in [2.05, 4.69) is 6.92 Å².